The van der Waals surface area contributed by atoms with E-state index in [1.165, 1.54) is 21.9 Å². The Labute approximate surface area is 175 Å². The summed E-state index contributed by atoms with van der Waals surface area (Å²) >= 11 is 0. The molecule has 0 bridgehead atoms. The molecule has 0 spiro atoms. The van der Waals surface area contributed by atoms with Gasteiger partial charge in [0, 0.05) is 25.3 Å². The fourth-order valence-electron chi connectivity index (χ4n) is 3.66. The topological polar surface area (TPSA) is 69.7 Å². The summed E-state index contributed by atoms with van der Waals surface area (Å²) in [5.41, 5.74) is 2.47. The molecule has 0 aliphatic carbocycles. The predicted octanol–water partition coefficient (Wildman–Crippen LogP) is 2.98. The van der Waals surface area contributed by atoms with Crippen LogP contribution in [0.2, 0.25) is 0 Å². The second-order valence-corrected chi connectivity index (χ2v) is 7.28. The number of carbonyl (C=O) groups is 3. The summed E-state index contributed by atoms with van der Waals surface area (Å²) in [5, 5.41) is 2.91. The van der Waals surface area contributed by atoms with Crippen LogP contribution in [0.25, 0.3) is 0 Å². The van der Waals surface area contributed by atoms with E-state index in [-0.39, 0.29) is 24.8 Å². The van der Waals surface area contributed by atoms with Crippen molar-refractivity contribution >= 4 is 23.4 Å². The summed E-state index contributed by atoms with van der Waals surface area (Å²) < 4.78 is 13.1. The monoisotopic (exact) mass is 411 g/mol. The Morgan fingerprint density at radius 2 is 1.73 bits per heavy atom. The van der Waals surface area contributed by atoms with E-state index >= 15 is 0 Å². The standard InChI is InChI=1S/C23H26FN3O3/c1-3-17-7-5-6-8-19(17)25-21(28)20(4-2)27-14-13-26(22(29)23(27)30)15-16-9-11-18(24)12-10-16/h5-12,20H,3-4,13-15H2,1-2H3,(H,25,28)/t20-/m0/s1. The first-order valence-electron chi connectivity index (χ1n) is 10.2. The van der Waals surface area contributed by atoms with E-state index in [1.807, 2.05) is 38.1 Å². The highest BCUT2D eigenvalue weighted by Crippen LogP contribution is 2.19. The first-order valence-corrected chi connectivity index (χ1v) is 10.2. The Bertz CT molecular complexity index is 930. The van der Waals surface area contributed by atoms with Crippen LogP contribution in [0.3, 0.4) is 0 Å². The zero-order valence-corrected chi connectivity index (χ0v) is 17.2. The first kappa shape index (κ1) is 21.5. The average molecular weight is 411 g/mol. The molecule has 1 heterocycles. The van der Waals surface area contributed by atoms with Gasteiger partial charge in [0.2, 0.25) is 5.91 Å². The molecule has 1 saturated heterocycles. The van der Waals surface area contributed by atoms with Gasteiger partial charge >= 0.3 is 11.8 Å². The number of hydrogen-bond acceptors (Lipinski definition) is 3. The number of anilines is 1. The number of amides is 3. The second-order valence-electron chi connectivity index (χ2n) is 7.28. The third kappa shape index (κ3) is 4.67. The van der Waals surface area contributed by atoms with Gasteiger partial charge in [-0.05, 0) is 42.2 Å². The maximum absolute atomic E-state index is 13.1. The van der Waals surface area contributed by atoms with Crippen molar-refractivity contribution in [3.8, 4) is 0 Å². The summed E-state index contributed by atoms with van der Waals surface area (Å²) in [5.74, 6) is -1.99. The summed E-state index contributed by atoms with van der Waals surface area (Å²) in [6.45, 7) is 4.64. The molecule has 0 unspecified atom stereocenters. The molecular formula is C23H26FN3O3. The molecule has 1 atom stereocenters. The van der Waals surface area contributed by atoms with Crippen molar-refractivity contribution in [1.29, 1.82) is 0 Å². The quantitative estimate of drug-likeness (QED) is 0.712. The van der Waals surface area contributed by atoms with E-state index in [0.717, 1.165) is 23.2 Å². The van der Waals surface area contributed by atoms with Gasteiger partial charge in [-0.25, -0.2) is 4.39 Å². The SMILES string of the molecule is CCc1ccccc1NC(=O)[C@H](CC)N1CCN(Cc2ccc(F)cc2)C(=O)C1=O. The normalized spacial score (nSPS) is 15.3. The lowest BCUT2D eigenvalue weighted by Crippen LogP contribution is -2.59. The molecule has 1 N–H and O–H groups in total. The van der Waals surface area contributed by atoms with Crippen molar-refractivity contribution in [2.45, 2.75) is 39.3 Å². The Balaban J connectivity index is 1.68. The molecule has 2 aromatic carbocycles. The zero-order chi connectivity index (χ0) is 21.7. The van der Waals surface area contributed by atoms with Crippen molar-refractivity contribution in [1.82, 2.24) is 9.80 Å². The van der Waals surface area contributed by atoms with Gasteiger partial charge in [0.1, 0.15) is 11.9 Å². The fourth-order valence-corrected chi connectivity index (χ4v) is 3.66. The minimum Gasteiger partial charge on any atom is -0.328 e. The summed E-state index contributed by atoms with van der Waals surface area (Å²) in [4.78, 5) is 41.1. The van der Waals surface area contributed by atoms with Gasteiger partial charge in [-0.15, -0.1) is 0 Å². The van der Waals surface area contributed by atoms with Crippen LogP contribution in [0.4, 0.5) is 10.1 Å². The number of rotatable bonds is 7. The van der Waals surface area contributed by atoms with Crippen LogP contribution in [0.5, 0.6) is 0 Å². The van der Waals surface area contributed by atoms with Crippen molar-refractivity contribution in [3.05, 3.63) is 65.5 Å². The van der Waals surface area contributed by atoms with E-state index in [4.69, 9.17) is 0 Å². The third-order valence-electron chi connectivity index (χ3n) is 5.35. The fraction of sp³-hybridized carbons (Fsp3) is 0.348. The van der Waals surface area contributed by atoms with Gasteiger partial charge in [-0.1, -0.05) is 44.2 Å². The number of carbonyl (C=O) groups excluding carboxylic acids is 3. The van der Waals surface area contributed by atoms with Crippen LogP contribution in [0, 0.1) is 5.82 Å². The summed E-state index contributed by atoms with van der Waals surface area (Å²) in [6.07, 6.45) is 1.17. The van der Waals surface area contributed by atoms with Gasteiger partial charge in [-0.2, -0.15) is 0 Å². The maximum atomic E-state index is 13.1. The zero-order valence-electron chi connectivity index (χ0n) is 17.2. The minimum atomic E-state index is -0.723. The molecule has 6 nitrogen and oxygen atoms in total. The molecule has 30 heavy (non-hydrogen) atoms. The first-order chi connectivity index (χ1) is 14.4. The molecule has 0 saturated carbocycles. The molecule has 0 radical (unpaired) electrons. The van der Waals surface area contributed by atoms with Gasteiger partial charge < -0.3 is 15.1 Å². The lowest BCUT2D eigenvalue weighted by atomic mass is 10.1. The second kappa shape index (κ2) is 9.52. The van der Waals surface area contributed by atoms with Gasteiger partial charge in [0.25, 0.3) is 0 Å². The largest absolute Gasteiger partial charge is 0.328 e. The maximum Gasteiger partial charge on any atom is 0.312 e. The lowest BCUT2D eigenvalue weighted by Gasteiger charge is -2.37. The molecule has 2 aromatic rings. The third-order valence-corrected chi connectivity index (χ3v) is 5.35. The van der Waals surface area contributed by atoms with Crippen molar-refractivity contribution in [2.75, 3.05) is 18.4 Å². The molecule has 1 aliphatic heterocycles. The molecule has 158 valence electrons. The molecular weight excluding hydrogens is 385 g/mol. The number of benzene rings is 2. The Morgan fingerprint density at radius 1 is 1.03 bits per heavy atom. The number of para-hydroxylation sites is 1. The van der Waals surface area contributed by atoms with E-state index in [9.17, 15) is 18.8 Å². The van der Waals surface area contributed by atoms with E-state index in [1.54, 1.807) is 12.1 Å². The molecule has 0 aromatic heterocycles. The highest BCUT2D eigenvalue weighted by Gasteiger charge is 2.38. The lowest BCUT2D eigenvalue weighted by molar-refractivity contribution is -0.159. The predicted molar refractivity (Wildman–Crippen MR) is 112 cm³/mol. The van der Waals surface area contributed by atoms with Crippen LogP contribution >= 0.6 is 0 Å². The Hall–Kier alpha value is -3.22. The summed E-state index contributed by atoms with van der Waals surface area (Å²) in [7, 11) is 0. The van der Waals surface area contributed by atoms with Crippen molar-refractivity contribution < 1.29 is 18.8 Å². The molecule has 7 heteroatoms. The van der Waals surface area contributed by atoms with Gasteiger partial charge in [0.05, 0.1) is 0 Å². The van der Waals surface area contributed by atoms with E-state index in [2.05, 4.69) is 5.32 Å². The van der Waals surface area contributed by atoms with Crippen LogP contribution in [-0.2, 0) is 27.3 Å². The van der Waals surface area contributed by atoms with Crippen LogP contribution < -0.4 is 5.32 Å². The van der Waals surface area contributed by atoms with E-state index < -0.39 is 17.9 Å². The number of halogens is 1. The summed E-state index contributed by atoms with van der Waals surface area (Å²) in [6, 6.07) is 12.6. The Morgan fingerprint density at radius 3 is 2.40 bits per heavy atom. The highest BCUT2D eigenvalue weighted by atomic mass is 19.1. The average Bonchev–Trinajstić information content (AvgIpc) is 2.75. The number of aryl methyl sites for hydroxylation is 1. The number of nitrogens with zero attached hydrogens (tertiary/aromatic N) is 2. The number of nitrogens with one attached hydrogen (secondary N) is 1. The smallest absolute Gasteiger partial charge is 0.312 e. The molecule has 3 amide bonds. The molecule has 1 aliphatic rings. The van der Waals surface area contributed by atoms with Crippen LogP contribution in [0.15, 0.2) is 48.5 Å². The Kier molecular flexibility index (Phi) is 6.82. The minimum absolute atomic E-state index is 0.228. The molecule has 1 fully saturated rings. The van der Waals surface area contributed by atoms with Gasteiger partial charge in [-0.3, -0.25) is 14.4 Å². The number of hydrogen-bond donors (Lipinski definition) is 1. The van der Waals surface area contributed by atoms with Crippen LogP contribution in [0.1, 0.15) is 31.4 Å². The number of piperazine rings is 1. The van der Waals surface area contributed by atoms with Crippen molar-refractivity contribution in [3.63, 3.8) is 0 Å². The van der Waals surface area contributed by atoms with Crippen LogP contribution in [-0.4, -0.2) is 46.7 Å². The molecule has 3 rings (SSSR count). The highest BCUT2D eigenvalue weighted by molar-refractivity contribution is 6.35. The van der Waals surface area contributed by atoms with E-state index in [0.29, 0.717) is 13.0 Å². The van der Waals surface area contributed by atoms with Crippen molar-refractivity contribution in [2.24, 2.45) is 0 Å². The van der Waals surface area contributed by atoms with Gasteiger partial charge in [0.15, 0.2) is 0 Å².